The summed E-state index contributed by atoms with van der Waals surface area (Å²) in [5.41, 5.74) is -0.187. The highest BCUT2D eigenvalue weighted by molar-refractivity contribution is 7.89. The van der Waals surface area contributed by atoms with Crippen LogP contribution >= 0.6 is 0 Å². The summed E-state index contributed by atoms with van der Waals surface area (Å²) < 4.78 is 54.9. The van der Waals surface area contributed by atoms with E-state index in [2.05, 4.69) is 5.32 Å². The van der Waals surface area contributed by atoms with Gasteiger partial charge in [0.1, 0.15) is 5.69 Å². The van der Waals surface area contributed by atoms with E-state index in [1.807, 2.05) is 0 Å². The van der Waals surface area contributed by atoms with Gasteiger partial charge in [0.2, 0.25) is 10.0 Å². The first-order chi connectivity index (χ1) is 13.2. The first-order valence-electron chi connectivity index (χ1n) is 8.78. The highest BCUT2D eigenvalue weighted by Gasteiger charge is 2.27. The van der Waals surface area contributed by atoms with E-state index in [4.69, 9.17) is 0 Å². The minimum atomic E-state index is -3.67. The van der Waals surface area contributed by atoms with Gasteiger partial charge >= 0.3 is 0 Å². The van der Waals surface area contributed by atoms with Crippen molar-refractivity contribution < 1.29 is 22.0 Å². The Morgan fingerprint density at radius 3 is 2.25 bits per heavy atom. The van der Waals surface area contributed by atoms with Crippen LogP contribution < -0.4 is 10.2 Å². The van der Waals surface area contributed by atoms with Crippen LogP contribution in [0.3, 0.4) is 0 Å². The number of sulfonamides is 1. The van der Waals surface area contributed by atoms with Gasteiger partial charge in [-0.1, -0.05) is 6.07 Å². The third-order valence-corrected chi connectivity index (χ3v) is 6.42. The van der Waals surface area contributed by atoms with Crippen molar-refractivity contribution in [2.75, 3.05) is 37.4 Å². The summed E-state index contributed by atoms with van der Waals surface area (Å²) in [7, 11) is -0.656. The number of nitrogens with zero attached hydrogens (tertiary/aromatic N) is 2. The molecule has 0 unspecified atom stereocenters. The number of anilines is 2. The predicted octanol–water partition coefficient (Wildman–Crippen LogP) is 3.07. The lowest BCUT2D eigenvalue weighted by Gasteiger charge is -2.17. The Labute approximate surface area is 162 Å². The Balaban J connectivity index is 1.84. The van der Waals surface area contributed by atoms with Gasteiger partial charge in [-0.2, -0.15) is 4.31 Å². The molecule has 2 aromatic rings. The maximum absolute atomic E-state index is 14.1. The number of nitrogens with one attached hydrogen (secondary N) is 1. The monoisotopic (exact) mass is 409 g/mol. The van der Waals surface area contributed by atoms with Gasteiger partial charge in [-0.25, -0.2) is 17.2 Å². The third-order valence-electron chi connectivity index (χ3n) is 4.52. The van der Waals surface area contributed by atoms with Crippen molar-refractivity contribution in [2.24, 2.45) is 0 Å². The van der Waals surface area contributed by atoms with E-state index < -0.39 is 27.6 Å². The quantitative estimate of drug-likeness (QED) is 0.824. The maximum atomic E-state index is 14.1. The van der Waals surface area contributed by atoms with Crippen molar-refractivity contribution in [1.82, 2.24) is 4.31 Å². The Hall–Kier alpha value is -2.52. The molecule has 0 aliphatic carbocycles. The van der Waals surface area contributed by atoms with Gasteiger partial charge in [-0.3, -0.25) is 4.79 Å². The Morgan fingerprint density at radius 1 is 1.07 bits per heavy atom. The molecule has 0 spiro atoms. The van der Waals surface area contributed by atoms with Crippen LogP contribution in [-0.4, -0.2) is 45.8 Å². The van der Waals surface area contributed by atoms with E-state index in [9.17, 15) is 22.0 Å². The molecule has 3 rings (SSSR count). The second-order valence-electron chi connectivity index (χ2n) is 6.78. The number of carbonyl (C=O) groups excluding carboxylic acids is 1. The minimum absolute atomic E-state index is 0.0161. The zero-order chi connectivity index (χ0) is 20.5. The van der Waals surface area contributed by atoms with Crippen molar-refractivity contribution in [3.8, 4) is 0 Å². The van der Waals surface area contributed by atoms with E-state index in [0.717, 1.165) is 25.0 Å². The second-order valence-corrected chi connectivity index (χ2v) is 8.71. The molecule has 6 nitrogen and oxygen atoms in total. The number of halogens is 2. The second kappa shape index (κ2) is 7.84. The lowest BCUT2D eigenvalue weighted by atomic mass is 10.2. The van der Waals surface area contributed by atoms with Crippen molar-refractivity contribution in [3.05, 3.63) is 53.6 Å². The summed E-state index contributed by atoms with van der Waals surface area (Å²) in [4.78, 5) is 13.8. The lowest BCUT2D eigenvalue weighted by molar-refractivity contribution is 0.102. The summed E-state index contributed by atoms with van der Waals surface area (Å²) in [6, 6.07) is 7.63. The fraction of sp³-hybridized carbons (Fsp3) is 0.316. The van der Waals surface area contributed by atoms with Gasteiger partial charge in [0.05, 0.1) is 4.90 Å². The Morgan fingerprint density at radius 2 is 1.68 bits per heavy atom. The average Bonchev–Trinajstić information content (AvgIpc) is 3.16. The summed E-state index contributed by atoms with van der Waals surface area (Å²) in [6.45, 7) is 0.908. The zero-order valence-corrected chi connectivity index (χ0v) is 16.4. The van der Waals surface area contributed by atoms with Gasteiger partial charge in [0.25, 0.3) is 5.91 Å². The van der Waals surface area contributed by atoms with Gasteiger partial charge in [-0.15, -0.1) is 0 Å². The summed E-state index contributed by atoms with van der Waals surface area (Å²) in [5, 5.41) is 2.41. The molecule has 1 heterocycles. The molecule has 1 saturated heterocycles. The summed E-state index contributed by atoms with van der Waals surface area (Å²) in [6.07, 6.45) is 1.61. The fourth-order valence-corrected chi connectivity index (χ4v) is 4.71. The first kappa shape index (κ1) is 20.2. The smallest absolute Gasteiger partial charge is 0.255 e. The van der Waals surface area contributed by atoms with Crippen LogP contribution in [-0.2, 0) is 10.0 Å². The summed E-state index contributed by atoms with van der Waals surface area (Å²) >= 11 is 0. The molecule has 0 atom stereocenters. The van der Waals surface area contributed by atoms with Crippen molar-refractivity contribution >= 4 is 27.3 Å². The van der Waals surface area contributed by atoms with Crippen LogP contribution in [0.4, 0.5) is 20.2 Å². The van der Waals surface area contributed by atoms with Crippen LogP contribution in [0.1, 0.15) is 23.2 Å². The molecule has 0 aromatic heterocycles. The van der Waals surface area contributed by atoms with Gasteiger partial charge in [0, 0.05) is 38.4 Å². The topological polar surface area (TPSA) is 69.7 Å². The number of hydrogen-bond acceptors (Lipinski definition) is 4. The average molecular weight is 409 g/mol. The van der Waals surface area contributed by atoms with Crippen LogP contribution in [0.5, 0.6) is 0 Å². The number of rotatable bonds is 5. The van der Waals surface area contributed by atoms with Crippen molar-refractivity contribution in [3.63, 3.8) is 0 Å². The SMILES string of the molecule is CN(C)c1c(F)cc(NC(=O)c2cccc(S(=O)(=O)N3CCCC3)c2)cc1F. The molecule has 1 aliphatic rings. The number of amides is 1. The van der Waals surface area contributed by atoms with Crippen LogP contribution in [0.25, 0.3) is 0 Å². The Kier molecular flexibility index (Phi) is 5.66. The molecular weight excluding hydrogens is 388 g/mol. The first-order valence-corrected chi connectivity index (χ1v) is 10.2. The predicted molar refractivity (Wildman–Crippen MR) is 103 cm³/mol. The zero-order valence-electron chi connectivity index (χ0n) is 15.6. The lowest BCUT2D eigenvalue weighted by Crippen LogP contribution is -2.28. The molecule has 1 fully saturated rings. The molecule has 2 aromatic carbocycles. The molecule has 0 radical (unpaired) electrons. The number of carbonyl (C=O) groups is 1. The molecule has 1 aliphatic heterocycles. The molecule has 0 saturated carbocycles. The molecule has 150 valence electrons. The van der Waals surface area contributed by atoms with E-state index >= 15 is 0 Å². The van der Waals surface area contributed by atoms with E-state index in [0.29, 0.717) is 13.1 Å². The van der Waals surface area contributed by atoms with Crippen molar-refractivity contribution in [2.45, 2.75) is 17.7 Å². The van der Waals surface area contributed by atoms with Crippen LogP contribution in [0.15, 0.2) is 41.3 Å². The largest absolute Gasteiger partial charge is 0.373 e. The third kappa shape index (κ3) is 4.00. The standard InChI is InChI=1S/C19H21F2N3O3S/c1-23(2)18-16(20)11-14(12-17(18)21)22-19(25)13-6-5-7-15(10-13)28(26,27)24-8-3-4-9-24/h5-7,10-12H,3-4,8-9H2,1-2H3,(H,22,25). The molecule has 1 N–H and O–H groups in total. The van der Waals surface area contributed by atoms with Crippen LogP contribution in [0.2, 0.25) is 0 Å². The number of benzene rings is 2. The van der Waals surface area contributed by atoms with Crippen LogP contribution in [0, 0.1) is 11.6 Å². The van der Waals surface area contributed by atoms with Crippen molar-refractivity contribution in [1.29, 1.82) is 0 Å². The summed E-state index contributed by atoms with van der Waals surface area (Å²) in [5.74, 6) is -2.29. The molecule has 1 amide bonds. The molecule has 0 bridgehead atoms. The fourth-order valence-electron chi connectivity index (χ4n) is 3.14. The molecule has 9 heteroatoms. The minimum Gasteiger partial charge on any atom is -0.373 e. The van der Waals surface area contributed by atoms with Gasteiger partial charge < -0.3 is 10.2 Å². The van der Waals surface area contributed by atoms with Gasteiger partial charge in [-0.05, 0) is 43.2 Å². The van der Waals surface area contributed by atoms with E-state index in [-0.39, 0.29) is 21.8 Å². The van der Waals surface area contributed by atoms with Gasteiger partial charge in [0.15, 0.2) is 11.6 Å². The molecular formula is C19H21F2N3O3S. The molecule has 28 heavy (non-hydrogen) atoms. The number of hydrogen-bond donors (Lipinski definition) is 1. The highest BCUT2D eigenvalue weighted by atomic mass is 32.2. The highest BCUT2D eigenvalue weighted by Crippen LogP contribution is 2.26. The normalized spacial score (nSPS) is 14.9. The van der Waals surface area contributed by atoms with E-state index in [1.54, 1.807) is 0 Å². The maximum Gasteiger partial charge on any atom is 0.255 e. The van der Waals surface area contributed by atoms with E-state index in [1.165, 1.54) is 47.6 Å². The Bertz CT molecular complexity index is 980.